The van der Waals surface area contributed by atoms with Crippen LogP contribution in [0.3, 0.4) is 0 Å². The molecular weight excluding hydrogens is 264 g/mol. The number of pyridine rings is 1. The molecule has 0 unspecified atom stereocenters. The van der Waals surface area contributed by atoms with Crippen molar-refractivity contribution in [1.82, 2.24) is 14.9 Å². The van der Waals surface area contributed by atoms with Gasteiger partial charge in [-0.15, -0.1) is 0 Å². The molecule has 2 aromatic heterocycles. The van der Waals surface area contributed by atoms with Gasteiger partial charge in [-0.3, -0.25) is 9.78 Å². The average molecular weight is 281 g/mol. The first-order valence-corrected chi connectivity index (χ1v) is 6.80. The van der Waals surface area contributed by atoms with E-state index < -0.39 is 0 Å². The summed E-state index contributed by atoms with van der Waals surface area (Å²) in [6.45, 7) is 0.455. The van der Waals surface area contributed by atoms with Gasteiger partial charge in [-0.1, -0.05) is 18.2 Å². The standard InChI is InChI=1S/C16H16N4O/c1-19-13-8-3-4-9-14(13)20(2)15(19)11-18-16(21)12-7-5-6-10-17-12/h3-10H,11H2,1-2H3/p+1. The third kappa shape index (κ3) is 2.38. The molecule has 1 aromatic carbocycles. The predicted molar refractivity (Wildman–Crippen MR) is 79.5 cm³/mol. The van der Waals surface area contributed by atoms with Gasteiger partial charge in [0.2, 0.25) is 0 Å². The molecule has 106 valence electrons. The fourth-order valence-corrected chi connectivity index (χ4v) is 2.52. The van der Waals surface area contributed by atoms with Gasteiger partial charge in [0.05, 0.1) is 14.1 Å². The molecule has 2 heterocycles. The molecule has 0 atom stereocenters. The van der Waals surface area contributed by atoms with Crippen molar-refractivity contribution in [3.8, 4) is 0 Å². The molecule has 0 aliphatic rings. The lowest BCUT2D eigenvalue weighted by atomic mass is 10.3. The van der Waals surface area contributed by atoms with Crippen LogP contribution in [-0.4, -0.2) is 15.5 Å². The highest BCUT2D eigenvalue weighted by molar-refractivity contribution is 5.92. The second kappa shape index (κ2) is 5.36. The highest BCUT2D eigenvalue weighted by atomic mass is 16.1. The van der Waals surface area contributed by atoms with Crippen molar-refractivity contribution >= 4 is 16.9 Å². The third-order valence-corrected chi connectivity index (χ3v) is 3.68. The van der Waals surface area contributed by atoms with E-state index in [1.807, 2.05) is 26.2 Å². The second-order valence-corrected chi connectivity index (χ2v) is 4.92. The zero-order valence-corrected chi connectivity index (χ0v) is 12.1. The van der Waals surface area contributed by atoms with Gasteiger partial charge in [0.15, 0.2) is 11.0 Å². The topological polar surface area (TPSA) is 50.8 Å². The molecule has 1 amide bonds. The lowest BCUT2D eigenvalue weighted by molar-refractivity contribution is -0.654. The van der Waals surface area contributed by atoms with Crippen molar-refractivity contribution < 1.29 is 9.36 Å². The molecule has 0 aliphatic carbocycles. The maximum atomic E-state index is 12.1. The summed E-state index contributed by atoms with van der Waals surface area (Å²) in [6, 6.07) is 13.5. The van der Waals surface area contributed by atoms with E-state index in [0.717, 1.165) is 16.9 Å². The number of fused-ring (bicyclic) bond motifs is 1. The molecule has 3 rings (SSSR count). The first-order valence-electron chi connectivity index (χ1n) is 6.80. The van der Waals surface area contributed by atoms with E-state index >= 15 is 0 Å². The summed E-state index contributed by atoms with van der Waals surface area (Å²) in [6.07, 6.45) is 1.62. The highest BCUT2D eigenvalue weighted by Gasteiger charge is 2.20. The Labute approximate surface area is 122 Å². The number of rotatable bonds is 3. The number of nitrogens with zero attached hydrogens (tertiary/aromatic N) is 3. The molecule has 0 bridgehead atoms. The van der Waals surface area contributed by atoms with Crippen molar-refractivity contribution in [3.63, 3.8) is 0 Å². The van der Waals surface area contributed by atoms with Crippen molar-refractivity contribution in [1.29, 1.82) is 0 Å². The molecule has 0 fully saturated rings. The Kier molecular flexibility index (Phi) is 3.39. The number of hydrogen-bond acceptors (Lipinski definition) is 2. The molecule has 1 N–H and O–H groups in total. The van der Waals surface area contributed by atoms with Crippen LogP contribution in [0.25, 0.3) is 11.0 Å². The predicted octanol–water partition coefficient (Wildman–Crippen LogP) is 1.33. The summed E-state index contributed by atoms with van der Waals surface area (Å²) in [5.41, 5.74) is 2.71. The van der Waals surface area contributed by atoms with Gasteiger partial charge in [-0.05, 0) is 24.3 Å². The van der Waals surface area contributed by atoms with Gasteiger partial charge in [-0.2, -0.15) is 0 Å². The van der Waals surface area contributed by atoms with Crippen molar-refractivity contribution in [2.45, 2.75) is 6.54 Å². The van der Waals surface area contributed by atoms with Gasteiger partial charge in [0.1, 0.15) is 12.2 Å². The quantitative estimate of drug-likeness (QED) is 0.736. The van der Waals surface area contributed by atoms with Crippen LogP contribution in [0.4, 0.5) is 0 Å². The van der Waals surface area contributed by atoms with Crippen LogP contribution in [0.1, 0.15) is 16.3 Å². The molecule has 21 heavy (non-hydrogen) atoms. The van der Waals surface area contributed by atoms with Crippen LogP contribution >= 0.6 is 0 Å². The van der Waals surface area contributed by atoms with Crippen LogP contribution in [0.2, 0.25) is 0 Å². The second-order valence-electron chi connectivity index (χ2n) is 4.92. The number of benzene rings is 1. The zero-order chi connectivity index (χ0) is 14.8. The van der Waals surface area contributed by atoms with Gasteiger partial charge >= 0.3 is 0 Å². The van der Waals surface area contributed by atoms with Crippen molar-refractivity contribution in [2.24, 2.45) is 14.1 Å². The van der Waals surface area contributed by atoms with Crippen LogP contribution in [-0.2, 0) is 20.6 Å². The number of carbonyl (C=O) groups is 1. The Balaban J connectivity index is 1.84. The van der Waals surface area contributed by atoms with E-state index in [-0.39, 0.29) is 5.91 Å². The molecule has 0 saturated heterocycles. The summed E-state index contributed by atoms with van der Waals surface area (Å²) >= 11 is 0. The van der Waals surface area contributed by atoms with E-state index in [9.17, 15) is 4.79 Å². The van der Waals surface area contributed by atoms with E-state index in [0.29, 0.717) is 12.2 Å². The van der Waals surface area contributed by atoms with Crippen molar-refractivity contribution in [2.75, 3.05) is 0 Å². The molecule has 0 aliphatic heterocycles. The lowest BCUT2D eigenvalue weighted by Crippen LogP contribution is -2.37. The van der Waals surface area contributed by atoms with Gasteiger partial charge < -0.3 is 5.32 Å². The highest BCUT2D eigenvalue weighted by Crippen LogP contribution is 2.11. The minimum absolute atomic E-state index is 0.166. The molecule has 5 nitrogen and oxygen atoms in total. The number of imidazole rings is 1. The Hall–Kier alpha value is -2.69. The minimum Gasteiger partial charge on any atom is -0.339 e. The molecule has 0 saturated carbocycles. The Bertz CT molecular complexity index is 754. The third-order valence-electron chi connectivity index (χ3n) is 3.68. The number of aromatic nitrogens is 3. The van der Waals surface area contributed by atoms with E-state index in [1.165, 1.54) is 0 Å². The van der Waals surface area contributed by atoms with Crippen LogP contribution in [0.5, 0.6) is 0 Å². The number of nitrogens with one attached hydrogen (secondary N) is 1. The van der Waals surface area contributed by atoms with Gasteiger partial charge in [0, 0.05) is 6.20 Å². The van der Waals surface area contributed by atoms with Crippen LogP contribution < -0.4 is 9.88 Å². The molecule has 5 heteroatoms. The number of aryl methyl sites for hydroxylation is 2. The fraction of sp³-hybridized carbons (Fsp3) is 0.188. The van der Waals surface area contributed by atoms with Crippen LogP contribution in [0, 0.1) is 0 Å². The molecular formula is C16H17N4O+. The summed E-state index contributed by atoms with van der Waals surface area (Å²) in [5, 5.41) is 2.91. The van der Waals surface area contributed by atoms with E-state index in [1.54, 1.807) is 24.4 Å². The molecule has 3 aromatic rings. The average Bonchev–Trinajstić information content (AvgIpc) is 2.78. The number of amides is 1. The normalized spacial score (nSPS) is 10.8. The Morgan fingerprint density at radius 2 is 2.00 bits per heavy atom. The minimum atomic E-state index is -0.166. The van der Waals surface area contributed by atoms with Gasteiger partial charge in [-0.25, -0.2) is 9.13 Å². The fourth-order valence-electron chi connectivity index (χ4n) is 2.52. The number of hydrogen-bond donors (Lipinski definition) is 1. The van der Waals surface area contributed by atoms with E-state index in [2.05, 4.69) is 31.6 Å². The van der Waals surface area contributed by atoms with E-state index in [4.69, 9.17) is 0 Å². The largest absolute Gasteiger partial charge is 0.339 e. The first kappa shape index (κ1) is 13.3. The number of carbonyl (C=O) groups excluding carboxylic acids is 1. The summed E-state index contributed by atoms with van der Waals surface area (Å²) in [7, 11) is 4.01. The smallest absolute Gasteiger partial charge is 0.276 e. The lowest BCUT2D eigenvalue weighted by Gasteiger charge is -2.03. The molecule has 0 radical (unpaired) electrons. The SMILES string of the molecule is Cn1c(CNC(=O)c2ccccn2)[n+](C)c2ccccc21. The van der Waals surface area contributed by atoms with Gasteiger partial charge in [0.25, 0.3) is 11.7 Å². The van der Waals surface area contributed by atoms with Crippen LogP contribution in [0.15, 0.2) is 48.7 Å². The Morgan fingerprint density at radius 3 is 2.71 bits per heavy atom. The van der Waals surface area contributed by atoms with Crippen molar-refractivity contribution in [3.05, 3.63) is 60.2 Å². The maximum Gasteiger partial charge on any atom is 0.276 e. The monoisotopic (exact) mass is 281 g/mol. The first-order chi connectivity index (χ1) is 10.2. The maximum absolute atomic E-state index is 12.1. The summed E-state index contributed by atoms with van der Waals surface area (Å²) < 4.78 is 4.18. The Morgan fingerprint density at radius 1 is 1.24 bits per heavy atom. The summed E-state index contributed by atoms with van der Waals surface area (Å²) in [5.74, 6) is 0.862. The summed E-state index contributed by atoms with van der Waals surface area (Å²) in [4.78, 5) is 16.1. The number of para-hydroxylation sites is 2. The zero-order valence-electron chi connectivity index (χ0n) is 12.1. The molecule has 0 spiro atoms.